The van der Waals surface area contributed by atoms with E-state index >= 15 is 0 Å². The maximum atomic E-state index is 12.9. The number of hydrogen-bond donors (Lipinski definition) is 2. The molecule has 1 aromatic heterocycles. The Balaban J connectivity index is 1.49. The highest BCUT2D eigenvalue weighted by Crippen LogP contribution is 2.12. The highest BCUT2D eigenvalue weighted by atomic mass is 19.1. The summed E-state index contributed by atoms with van der Waals surface area (Å²) in [5, 5.41) is 7.69. The lowest BCUT2D eigenvalue weighted by atomic mass is 10.2. The summed E-state index contributed by atoms with van der Waals surface area (Å²) in [6, 6.07) is 14.9. The van der Waals surface area contributed by atoms with E-state index in [-0.39, 0.29) is 5.69 Å². The summed E-state index contributed by atoms with van der Waals surface area (Å²) >= 11 is 0. The summed E-state index contributed by atoms with van der Waals surface area (Å²) in [7, 11) is 0. The molecule has 2 amide bonds. The van der Waals surface area contributed by atoms with Crippen LogP contribution in [0.5, 0.6) is 5.75 Å². The number of carbonyl (C=O) groups is 2. The van der Waals surface area contributed by atoms with Gasteiger partial charge in [0.1, 0.15) is 11.6 Å². The van der Waals surface area contributed by atoms with Crippen molar-refractivity contribution in [3.63, 3.8) is 0 Å². The van der Waals surface area contributed by atoms with Crippen molar-refractivity contribution in [1.29, 1.82) is 0 Å². The zero-order valence-corrected chi connectivity index (χ0v) is 15.0. The minimum absolute atomic E-state index is 0.0586. The van der Waals surface area contributed by atoms with E-state index in [0.29, 0.717) is 12.3 Å². The van der Waals surface area contributed by atoms with Gasteiger partial charge in [-0.1, -0.05) is 35.5 Å². The third-order valence-corrected chi connectivity index (χ3v) is 3.75. The molecule has 1 atom stereocenters. The van der Waals surface area contributed by atoms with E-state index in [1.807, 2.05) is 30.3 Å². The number of amides is 2. The smallest absolute Gasteiger partial charge is 0.291 e. The Hall–Kier alpha value is -3.75. The normalized spacial score (nSPS) is 11.5. The maximum Gasteiger partial charge on any atom is 0.291 e. The standard InChI is InChI=1S/C19H18FN5O3/c1-13(28-16-9-7-15(20)8-10-16)18(26)22-23-19(27)17-12-25(24-21-17)11-14-5-3-2-4-6-14/h2-10,12-13H,11H2,1H3,(H,22,26)(H,23,27). The topological polar surface area (TPSA) is 98.1 Å². The van der Waals surface area contributed by atoms with Crippen molar-refractivity contribution < 1.29 is 18.7 Å². The summed E-state index contributed by atoms with van der Waals surface area (Å²) in [5.74, 6) is -1.26. The van der Waals surface area contributed by atoms with Gasteiger partial charge >= 0.3 is 0 Å². The molecule has 28 heavy (non-hydrogen) atoms. The van der Waals surface area contributed by atoms with Crippen LogP contribution in [0.25, 0.3) is 0 Å². The van der Waals surface area contributed by atoms with Crippen LogP contribution >= 0.6 is 0 Å². The Morgan fingerprint density at radius 1 is 1.11 bits per heavy atom. The molecule has 0 radical (unpaired) electrons. The van der Waals surface area contributed by atoms with Gasteiger partial charge in [0.15, 0.2) is 11.8 Å². The molecule has 3 rings (SSSR count). The van der Waals surface area contributed by atoms with Crippen molar-refractivity contribution in [1.82, 2.24) is 25.8 Å². The van der Waals surface area contributed by atoms with E-state index in [1.54, 1.807) is 0 Å². The number of halogens is 1. The molecular formula is C19H18FN5O3. The maximum absolute atomic E-state index is 12.9. The summed E-state index contributed by atoms with van der Waals surface area (Å²) in [4.78, 5) is 24.1. The van der Waals surface area contributed by atoms with Crippen molar-refractivity contribution in [3.05, 3.63) is 77.9 Å². The molecule has 0 saturated heterocycles. The number of carbonyl (C=O) groups excluding carboxylic acids is 2. The van der Waals surface area contributed by atoms with Gasteiger partial charge in [-0.2, -0.15) is 0 Å². The number of benzene rings is 2. The van der Waals surface area contributed by atoms with Gasteiger partial charge in [0, 0.05) is 0 Å². The lowest BCUT2D eigenvalue weighted by Crippen LogP contribution is -2.47. The Morgan fingerprint density at radius 2 is 1.82 bits per heavy atom. The molecule has 0 aliphatic carbocycles. The number of nitrogens with one attached hydrogen (secondary N) is 2. The van der Waals surface area contributed by atoms with E-state index in [9.17, 15) is 14.0 Å². The molecule has 2 N–H and O–H groups in total. The van der Waals surface area contributed by atoms with Gasteiger partial charge in [-0.3, -0.25) is 20.4 Å². The fourth-order valence-electron chi connectivity index (χ4n) is 2.31. The van der Waals surface area contributed by atoms with Crippen molar-refractivity contribution in [2.45, 2.75) is 19.6 Å². The third-order valence-electron chi connectivity index (χ3n) is 3.75. The molecular weight excluding hydrogens is 365 g/mol. The van der Waals surface area contributed by atoms with Crippen LogP contribution in [0.2, 0.25) is 0 Å². The van der Waals surface area contributed by atoms with Crippen LogP contribution in [-0.2, 0) is 11.3 Å². The highest BCUT2D eigenvalue weighted by Gasteiger charge is 2.17. The first-order chi connectivity index (χ1) is 13.5. The van der Waals surface area contributed by atoms with E-state index < -0.39 is 23.7 Å². The third kappa shape index (κ3) is 5.13. The van der Waals surface area contributed by atoms with Gasteiger partial charge in [0.2, 0.25) is 0 Å². The lowest BCUT2D eigenvalue weighted by Gasteiger charge is -2.14. The summed E-state index contributed by atoms with van der Waals surface area (Å²) in [6.07, 6.45) is 0.576. The number of hydrogen-bond acceptors (Lipinski definition) is 5. The molecule has 3 aromatic rings. The molecule has 8 nitrogen and oxygen atoms in total. The zero-order chi connectivity index (χ0) is 19.9. The van der Waals surface area contributed by atoms with Gasteiger partial charge < -0.3 is 4.74 Å². The zero-order valence-electron chi connectivity index (χ0n) is 15.0. The second-order valence-electron chi connectivity index (χ2n) is 5.94. The molecule has 0 spiro atoms. The molecule has 144 valence electrons. The van der Waals surface area contributed by atoms with Crippen LogP contribution in [0.1, 0.15) is 23.0 Å². The fourth-order valence-corrected chi connectivity index (χ4v) is 2.31. The van der Waals surface area contributed by atoms with E-state index in [1.165, 1.54) is 42.1 Å². The second-order valence-corrected chi connectivity index (χ2v) is 5.94. The van der Waals surface area contributed by atoms with Crippen LogP contribution < -0.4 is 15.6 Å². The van der Waals surface area contributed by atoms with Crippen molar-refractivity contribution >= 4 is 11.8 Å². The van der Waals surface area contributed by atoms with Crippen LogP contribution in [-0.4, -0.2) is 32.9 Å². The van der Waals surface area contributed by atoms with Crippen LogP contribution in [0, 0.1) is 5.82 Å². The molecule has 2 aromatic carbocycles. The number of hydrazine groups is 1. The molecule has 1 heterocycles. The first-order valence-electron chi connectivity index (χ1n) is 8.48. The fraction of sp³-hybridized carbons (Fsp3) is 0.158. The summed E-state index contributed by atoms with van der Waals surface area (Å²) < 4.78 is 19.8. The van der Waals surface area contributed by atoms with E-state index in [0.717, 1.165) is 5.56 Å². The number of ether oxygens (including phenoxy) is 1. The SMILES string of the molecule is CC(Oc1ccc(F)cc1)C(=O)NNC(=O)c1cn(Cc2ccccc2)nn1. The Labute approximate surface area is 160 Å². The summed E-state index contributed by atoms with van der Waals surface area (Å²) in [6.45, 7) is 1.97. The van der Waals surface area contributed by atoms with Gasteiger partial charge in [0.25, 0.3) is 11.8 Å². The van der Waals surface area contributed by atoms with Gasteiger partial charge in [-0.05, 0) is 36.8 Å². The van der Waals surface area contributed by atoms with Gasteiger partial charge in [-0.25, -0.2) is 9.07 Å². The average molecular weight is 383 g/mol. The van der Waals surface area contributed by atoms with E-state index in [4.69, 9.17) is 4.74 Å². The first kappa shape index (κ1) is 19.0. The van der Waals surface area contributed by atoms with Crippen molar-refractivity contribution in [2.75, 3.05) is 0 Å². The van der Waals surface area contributed by atoms with Gasteiger partial charge in [-0.15, -0.1) is 5.10 Å². The van der Waals surface area contributed by atoms with Crippen molar-refractivity contribution in [3.8, 4) is 5.75 Å². The van der Waals surface area contributed by atoms with Crippen molar-refractivity contribution in [2.24, 2.45) is 0 Å². The largest absolute Gasteiger partial charge is 0.481 e. The van der Waals surface area contributed by atoms with Crippen LogP contribution in [0.3, 0.4) is 0 Å². The molecule has 1 unspecified atom stereocenters. The Morgan fingerprint density at radius 3 is 2.54 bits per heavy atom. The van der Waals surface area contributed by atoms with Crippen LogP contribution in [0.4, 0.5) is 4.39 Å². The van der Waals surface area contributed by atoms with E-state index in [2.05, 4.69) is 21.2 Å². The molecule has 0 aliphatic heterocycles. The minimum atomic E-state index is -0.903. The molecule has 0 fully saturated rings. The highest BCUT2D eigenvalue weighted by molar-refractivity contribution is 5.93. The average Bonchev–Trinajstić information content (AvgIpc) is 3.17. The monoisotopic (exact) mass is 383 g/mol. The second kappa shape index (κ2) is 8.76. The van der Waals surface area contributed by atoms with Crippen LogP contribution in [0.15, 0.2) is 60.8 Å². The Kier molecular flexibility index (Phi) is 5.95. The Bertz CT molecular complexity index is 944. The number of rotatable bonds is 6. The number of aromatic nitrogens is 3. The molecule has 0 aliphatic rings. The predicted molar refractivity (Wildman–Crippen MR) is 97.7 cm³/mol. The van der Waals surface area contributed by atoms with Gasteiger partial charge in [0.05, 0.1) is 12.7 Å². The summed E-state index contributed by atoms with van der Waals surface area (Å²) in [5.41, 5.74) is 5.59. The first-order valence-corrected chi connectivity index (χ1v) is 8.48. The molecule has 0 saturated carbocycles. The predicted octanol–water partition coefficient (Wildman–Crippen LogP) is 1.69. The molecule has 0 bridgehead atoms. The molecule has 9 heteroatoms. The number of nitrogens with zero attached hydrogens (tertiary/aromatic N) is 3. The lowest BCUT2D eigenvalue weighted by molar-refractivity contribution is -0.128. The minimum Gasteiger partial charge on any atom is -0.481 e. The quantitative estimate of drug-likeness (QED) is 0.632.